The van der Waals surface area contributed by atoms with Crippen molar-refractivity contribution in [2.24, 2.45) is 7.05 Å². The predicted molar refractivity (Wildman–Crippen MR) is 141 cm³/mol. The lowest BCUT2D eigenvalue weighted by Crippen LogP contribution is -2.27. The first-order chi connectivity index (χ1) is 20.5. The number of aryl methyl sites for hydroxylation is 1. The molecule has 1 atom stereocenters. The fraction of sp³-hybridized carbons (Fsp3) is 0.357. The van der Waals surface area contributed by atoms with Gasteiger partial charge in [0.05, 0.1) is 23.7 Å². The van der Waals surface area contributed by atoms with Gasteiger partial charge >= 0.3 is 18.5 Å². The average molecular weight is 632 g/mol. The maximum atomic E-state index is 13.8. The Morgan fingerprint density at radius 2 is 1.48 bits per heavy atom. The summed E-state index contributed by atoms with van der Waals surface area (Å²) in [5, 5.41) is 14.8. The molecule has 7 nitrogen and oxygen atoms in total. The molecule has 16 heteroatoms. The molecule has 2 heterocycles. The van der Waals surface area contributed by atoms with Gasteiger partial charge in [-0.2, -0.15) is 44.3 Å². The lowest BCUT2D eigenvalue weighted by molar-refractivity contribution is -0.143. The zero-order valence-corrected chi connectivity index (χ0v) is 23.3. The summed E-state index contributed by atoms with van der Waals surface area (Å²) in [6.07, 6.45) is -11.3. The molecule has 0 aliphatic carbocycles. The van der Waals surface area contributed by atoms with Crippen LogP contribution in [0.1, 0.15) is 58.3 Å². The number of pyridine rings is 1. The summed E-state index contributed by atoms with van der Waals surface area (Å²) >= 11 is 0. The number of nitrogens with zero attached hydrogens (tertiary/aromatic N) is 6. The highest BCUT2D eigenvalue weighted by molar-refractivity contribution is 5.42. The van der Waals surface area contributed by atoms with E-state index in [1.165, 1.54) is 18.0 Å². The van der Waals surface area contributed by atoms with E-state index < -0.39 is 59.9 Å². The van der Waals surface area contributed by atoms with Crippen molar-refractivity contribution in [3.8, 4) is 0 Å². The second kappa shape index (κ2) is 12.8. The number of rotatable bonds is 10. The average Bonchev–Trinajstić information content (AvgIpc) is 3.38. The number of anilines is 1. The van der Waals surface area contributed by atoms with E-state index in [0.717, 1.165) is 22.5 Å². The summed E-state index contributed by atoms with van der Waals surface area (Å²) in [6.45, 7) is 1.14. The summed E-state index contributed by atoms with van der Waals surface area (Å²) in [7, 11) is 1.38. The van der Waals surface area contributed by atoms with Crippen LogP contribution in [0.2, 0.25) is 0 Å². The Balaban J connectivity index is 1.77. The van der Waals surface area contributed by atoms with Crippen LogP contribution in [0, 0.1) is 0 Å². The molecule has 0 amide bonds. The minimum absolute atomic E-state index is 0.000900. The first-order valence-corrected chi connectivity index (χ1v) is 13.1. The number of nitrogens with one attached hydrogen (secondary N) is 1. The molecule has 1 unspecified atom stereocenters. The summed E-state index contributed by atoms with van der Waals surface area (Å²) in [6, 6.07) is 7.29. The molecule has 2 aromatic carbocycles. The minimum atomic E-state index is -5.09. The van der Waals surface area contributed by atoms with Crippen molar-refractivity contribution in [1.29, 1.82) is 0 Å². The maximum absolute atomic E-state index is 13.8. The van der Waals surface area contributed by atoms with E-state index in [0.29, 0.717) is 30.7 Å². The Morgan fingerprint density at radius 3 is 2.00 bits per heavy atom. The van der Waals surface area contributed by atoms with Gasteiger partial charge in [-0.05, 0) is 70.3 Å². The fourth-order valence-corrected chi connectivity index (χ4v) is 4.61. The van der Waals surface area contributed by atoms with E-state index in [1.54, 1.807) is 18.5 Å². The highest BCUT2D eigenvalue weighted by Crippen LogP contribution is 2.37. The van der Waals surface area contributed by atoms with E-state index in [2.05, 4.69) is 25.7 Å². The van der Waals surface area contributed by atoms with Gasteiger partial charge < -0.3 is 10.2 Å². The second-order valence-corrected chi connectivity index (χ2v) is 9.96. The van der Waals surface area contributed by atoms with Gasteiger partial charge in [0.15, 0.2) is 0 Å². The van der Waals surface area contributed by atoms with Crippen LogP contribution < -0.4 is 10.2 Å². The van der Waals surface area contributed by atoms with Crippen LogP contribution in [0.4, 0.5) is 45.5 Å². The Morgan fingerprint density at radius 1 is 0.818 bits per heavy atom. The number of alkyl halides is 9. The SMILES string of the molecule is CCC(NCc1cccnc1)c1ccc(C(F)(F)F)cc1CN(Cc1cc(C(F)(F)F)cc(C(F)(F)F)c1)c1nnn(C)n1. The van der Waals surface area contributed by atoms with Crippen LogP contribution in [0.25, 0.3) is 0 Å². The topological polar surface area (TPSA) is 71.8 Å². The van der Waals surface area contributed by atoms with Gasteiger partial charge in [-0.25, -0.2) is 0 Å². The third kappa shape index (κ3) is 8.24. The largest absolute Gasteiger partial charge is 0.416 e. The minimum Gasteiger partial charge on any atom is -0.330 e. The van der Waals surface area contributed by atoms with Crippen LogP contribution in [0.5, 0.6) is 0 Å². The number of halogens is 9. The van der Waals surface area contributed by atoms with E-state index in [4.69, 9.17) is 0 Å². The molecule has 0 aliphatic rings. The Bertz CT molecular complexity index is 1520. The molecule has 0 saturated carbocycles. The van der Waals surface area contributed by atoms with Crippen molar-refractivity contribution in [2.45, 2.75) is 57.5 Å². The highest BCUT2D eigenvalue weighted by Gasteiger charge is 2.37. The molecule has 0 aliphatic heterocycles. The lowest BCUT2D eigenvalue weighted by atomic mass is 9.95. The van der Waals surface area contributed by atoms with Gasteiger partial charge in [0.25, 0.3) is 5.95 Å². The smallest absolute Gasteiger partial charge is 0.330 e. The van der Waals surface area contributed by atoms with E-state index in [9.17, 15) is 39.5 Å². The maximum Gasteiger partial charge on any atom is 0.416 e. The molecule has 1 N–H and O–H groups in total. The molecule has 0 bridgehead atoms. The van der Waals surface area contributed by atoms with Gasteiger partial charge in [0.2, 0.25) is 0 Å². The number of benzene rings is 2. The zero-order chi connectivity index (χ0) is 32.3. The van der Waals surface area contributed by atoms with E-state index in [-0.39, 0.29) is 17.6 Å². The number of hydrogen-bond acceptors (Lipinski definition) is 6. The Kier molecular flexibility index (Phi) is 9.51. The van der Waals surface area contributed by atoms with Crippen LogP contribution in [-0.4, -0.2) is 25.2 Å². The standard InChI is InChI=1S/C28H26F9N7/c1-3-24(39-14-17-5-4-8-38-13-17)23-7-6-20(26(29,30)31)11-19(23)16-44(25-40-42-43(2)41-25)15-18-9-21(27(32,33)34)12-22(10-18)28(35,36)37/h4-13,24,39H,3,14-16H2,1-2H3. The molecular formula is C28H26F9N7. The molecule has 4 aromatic rings. The summed E-state index contributed by atoms with van der Waals surface area (Å²) in [5.74, 6) is -0.210. The number of aromatic nitrogens is 5. The van der Waals surface area contributed by atoms with Crippen molar-refractivity contribution < 1.29 is 39.5 Å². The van der Waals surface area contributed by atoms with Crippen molar-refractivity contribution in [1.82, 2.24) is 30.5 Å². The molecule has 0 fully saturated rings. The molecule has 0 spiro atoms. The van der Waals surface area contributed by atoms with Gasteiger partial charge in [0.1, 0.15) is 0 Å². The highest BCUT2D eigenvalue weighted by atomic mass is 19.4. The fourth-order valence-electron chi connectivity index (χ4n) is 4.61. The third-order valence-corrected chi connectivity index (χ3v) is 6.69. The van der Waals surface area contributed by atoms with Gasteiger partial charge in [-0.1, -0.05) is 24.2 Å². The van der Waals surface area contributed by atoms with E-state index in [1.807, 2.05) is 13.0 Å². The molecule has 0 saturated heterocycles. The molecule has 236 valence electrons. The first kappa shape index (κ1) is 32.7. The Labute approximate surface area is 245 Å². The van der Waals surface area contributed by atoms with Crippen LogP contribution in [0.3, 0.4) is 0 Å². The third-order valence-electron chi connectivity index (χ3n) is 6.69. The molecule has 2 aromatic heterocycles. The van der Waals surface area contributed by atoms with E-state index >= 15 is 0 Å². The van der Waals surface area contributed by atoms with Crippen molar-refractivity contribution in [2.75, 3.05) is 4.90 Å². The molecular weight excluding hydrogens is 605 g/mol. The van der Waals surface area contributed by atoms with Crippen LogP contribution >= 0.6 is 0 Å². The van der Waals surface area contributed by atoms with Crippen molar-refractivity contribution >= 4 is 5.95 Å². The number of hydrogen-bond donors (Lipinski definition) is 1. The molecule has 4 rings (SSSR count). The summed E-state index contributed by atoms with van der Waals surface area (Å²) in [5.41, 5.74) is -3.08. The number of tetrazole rings is 1. The second-order valence-electron chi connectivity index (χ2n) is 9.96. The first-order valence-electron chi connectivity index (χ1n) is 13.1. The predicted octanol–water partition coefficient (Wildman–Crippen LogP) is 7.11. The van der Waals surface area contributed by atoms with Crippen LogP contribution in [-0.2, 0) is 45.2 Å². The van der Waals surface area contributed by atoms with Gasteiger partial charge in [-0.15, -0.1) is 5.10 Å². The summed E-state index contributed by atoms with van der Waals surface area (Å²) in [4.78, 5) is 6.22. The zero-order valence-electron chi connectivity index (χ0n) is 23.3. The van der Waals surface area contributed by atoms with Crippen LogP contribution in [0.15, 0.2) is 60.9 Å². The van der Waals surface area contributed by atoms with Gasteiger partial charge in [0, 0.05) is 38.1 Å². The van der Waals surface area contributed by atoms with Crippen molar-refractivity contribution in [3.05, 3.63) is 99.9 Å². The van der Waals surface area contributed by atoms with Gasteiger partial charge in [-0.3, -0.25) is 4.98 Å². The normalized spacial score (nSPS) is 13.2. The summed E-state index contributed by atoms with van der Waals surface area (Å²) < 4.78 is 123. The quantitative estimate of drug-likeness (QED) is 0.188. The molecule has 44 heavy (non-hydrogen) atoms. The Hall–Kier alpha value is -4.21. The van der Waals surface area contributed by atoms with Crippen molar-refractivity contribution in [3.63, 3.8) is 0 Å². The molecule has 0 radical (unpaired) electrons. The monoisotopic (exact) mass is 631 g/mol. The lowest BCUT2D eigenvalue weighted by Gasteiger charge is -2.27.